The number of alkyl halides is 1. The molecule has 124 valence electrons. The molecule has 0 radical (unpaired) electrons. The van der Waals surface area contributed by atoms with Crippen molar-refractivity contribution in [1.29, 1.82) is 0 Å². The van der Waals surface area contributed by atoms with Crippen LogP contribution in [0, 0.1) is 11.8 Å². The van der Waals surface area contributed by atoms with Crippen LogP contribution in [0.5, 0.6) is 0 Å². The predicted molar refractivity (Wildman–Crippen MR) is 87.0 cm³/mol. The Morgan fingerprint density at radius 1 is 1.14 bits per heavy atom. The highest BCUT2D eigenvalue weighted by Crippen LogP contribution is 2.41. The lowest BCUT2D eigenvalue weighted by Gasteiger charge is -2.38. The Kier molecular flexibility index (Phi) is 6.86. The van der Waals surface area contributed by atoms with Gasteiger partial charge >= 0.3 is 5.97 Å². The molecule has 2 aliphatic carbocycles. The summed E-state index contributed by atoms with van der Waals surface area (Å²) in [6, 6.07) is 0. The number of rotatable bonds is 6. The van der Waals surface area contributed by atoms with Crippen molar-refractivity contribution in [2.24, 2.45) is 17.0 Å². The van der Waals surface area contributed by atoms with E-state index in [4.69, 9.17) is 9.57 Å². The van der Waals surface area contributed by atoms with E-state index in [1.54, 1.807) is 6.92 Å². The number of carbonyl (C=O) groups is 2. The molecule has 0 aliphatic heterocycles. The Labute approximate surface area is 139 Å². The molecule has 5 nitrogen and oxygen atoms in total. The third-order valence-electron chi connectivity index (χ3n) is 4.64. The van der Waals surface area contributed by atoms with Crippen molar-refractivity contribution < 1.29 is 19.2 Å². The van der Waals surface area contributed by atoms with Crippen LogP contribution in [0.25, 0.3) is 0 Å². The Morgan fingerprint density at radius 3 is 2.55 bits per heavy atom. The molecule has 2 aliphatic rings. The van der Waals surface area contributed by atoms with E-state index in [0.717, 1.165) is 25.2 Å². The Balaban J connectivity index is 1.95. The lowest BCUT2D eigenvalue weighted by molar-refractivity contribution is -0.136. The fourth-order valence-corrected chi connectivity index (χ4v) is 3.78. The first-order chi connectivity index (χ1) is 10.7. The van der Waals surface area contributed by atoms with E-state index < -0.39 is 11.8 Å². The van der Waals surface area contributed by atoms with Crippen LogP contribution in [0.1, 0.15) is 51.9 Å². The zero-order valence-corrected chi connectivity index (χ0v) is 14.6. The summed E-state index contributed by atoms with van der Waals surface area (Å²) in [4.78, 5) is 29.1. The smallest absolute Gasteiger partial charge is 0.364 e. The maximum Gasteiger partial charge on any atom is 0.364 e. The molecule has 0 aromatic carbocycles. The number of esters is 1. The molecule has 0 bridgehead atoms. The number of hydrogen-bond donors (Lipinski definition) is 0. The van der Waals surface area contributed by atoms with Crippen LogP contribution >= 0.6 is 15.9 Å². The normalized spacial score (nSPS) is 28.6. The molecule has 0 aromatic heterocycles. The number of halogens is 1. The molecular weight excluding hydrogens is 350 g/mol. The Hall–Kier alpha value is -0.910. The van der Waals surface area contributed by atoms with Crippen LogP contribution in [-0.2, 0) is 19.2 Å². The summed E-state index contributed by atoms with van der Waals surface area (Å²) >= 11 is 3.05. The Morgan fingerprint density at radius 2 is 1.86 bits per heavy atom. The lowest BCUT2D eigenvalue weighted by atomic mass is 9.70. The maximum absolute atomic E-state index is 11.8. The van der Waals surface area contributed by atoms with Crippen LogP contribution in [0.3, 0.4) is 0 Å². The van der Waals surface area contributed by atoms with Crippen molar-refractivity contribution >= 4 is 33.4 Å². The maximum atomic E-state index is 11.8. The van der Waals surface area contributed by atoms with Gasteiger partial charge in [0.15, 0.2) is 0 Å². The summed E-state index contributed by atoms with van der Waals surface area (Å²) in [6.07, 6.45) is 8.33. The first-order valence-electron chi connectivity index (χ1n) is 8.15. The standard InChI is InChI=1S/C16H24BrNO4/c1-2-21-16(20)15(14(19)10-17)18-22-13-8-7-11-5-3-4-6-12(11)9-13/h11-13H,2-10H2,1H3. The number of Topliss-reactive ketones (excluding diaryl/α,β-unsaturated/α-hetero) is 1. The molecule has 22 heavy (non-hydrogen) atoms. The zero-order valence-electron chi connectivity index (χ0n) is 13.1. The molecular formula is C16H24BrNO4. The summed E-state index contributed by atoms with van der Waals surface area (Å²) < 4.78 is 4.86. The highest BCUT2D eigenvalue weighted by atomic mass is 79.9. The van der Waals surface area contributed by atoms with Crippen LogP contribution in [0.4, 0.5) is 0 Å². The van der Waals surface area contributed by atoms with E-state index >= 15 is 0 Å². The highest BCUT2D eigenvalue weighted by Gasteiger charge is 2.33. The minimum atomic E-state index is -0.710. The summed E-state index contributed by atoms with van der Waals surface area (Å²) in [5.74, 6) is 0.412. The fraction of sp³-hybridized carbons (Fsp3) is 0.812. The van der Waals surface area contributed by atoms with Gasteiger partial charge in [0, 0.05) is 0 Å². The molecule has 0 heterocycles. The van der Waals surface area contributed by atoms with Crippen LogP contribution < -0.4 is 0 Å². The molecule has 2 fully saturated rings. The highest BCUT2D eigenvalue weighted by molar-refractivity contribution is 9.09. The van der Waals surface area contributed by atoms with Gasteiger partial charge in [0.25, 0.3) is 0 Å². The molecule has 3 unspecified atom stereocenters. The molecule has 0 N–H and O–H groups in total. The molecule has 0 spiro atoms. The van der Waals surface area contributed by atoms with Gasteiger partial charge in [-0.25, -0.2) is 4.79 Å². The minimum absolute atomic E-state index is 0.00639. The summed E-state index contributed by atoms with van der Waals surface area (Å²) in [5, 5.41) is 3.87. The molecule has 2 saturated carbocycles. The van der Waals surface area contributed by atoms with Crippen LogP contribution in [-0.4, -0.2) is 35.5 Å². The number of hydrogen-bond acceptors (Lipinski definition) is 5. The van der Waals surface area contributed by atoms with Crippen LogP contribution in [0.15, 0.2) is 5.16 Å². The largest absolute Gasteiger partial charge is 0.461 e. The SMILES string of the molecule is CCOC(=O)C(=NOC1CCC2CCCCC2C1)C(=O)CBr. The van der Waals surface area contributed by atoms with E-state index in [9.17, 15) is 9.59 Å². The number of carbonyl (C=O) groups excluding carboxylic acids is 2. The van der Waals surface area contributed by atoms with Crippen molar-refractivity contribution in [3.05, 3.63) is 0 Å². The molecule has 0 aromatic rings. The summed E-state index contributed by atoms with van der Waals surface area (Å²) in [5.41, 5.74) is -0.246. The Bertz CT molecular complexity index is 438. The van der Waals surface area contributed by atoms with Gasteiger partial charge in [0.05, 0.1) is 11.9 Å². The molecule has 0 amide bonds. The fourth-order valence-electron chi connectivity index (χ4n) is 3.52. The molecule has 0 saturated heterocycles. The van der Waals surface area contributed by atoms with Gasteiger partial charge in [0.2, 0.25) is 11.5 Å². The monoisotopic (exact) mass is 373 g/mol. The van der Waals surface area contributed by atoms with Gasteiger partial charge in [-0.05, 0) is 38.0 Å². The average Bonchev–Trinajstić information content (AvgIpc) is 2.54. The van der Waals surface area contributed by atoms with Crippen molar-refractivity contribution in [3.8, 4) is 0 Å². The number of oxime groups is 1. The van der Waals surface area contributed by atoms with E-state index in [2.05, 4.69) is 21.1 Å². The van der Waals surface area contributed by atoms with Crippen LogP contribution in [0.2, 0.25) is 0 Å². The lowest BCUT2D eigenvalue weighted by Crippen LogP contribution is -2.32. The zero-order chi connectivity index (χ0) is 15.9. The molecule has 3 atom stereocenters. The van der Waals surface area contributed by atoms with Gasteiger partial charge in [-0.2, -0.15) is 0 Å². The first-order valence-corrected chi connectivity index (χ1v) is 9.28. The second kappa shape index (κ2) is 8.65. The van der Waals surface area contributed by atoms with Gasteiger partial charge in [-0.15, -0.1) is 0 Å². The van der Waals surface area contributed by atoms with Gasteiger partial charge in [-0.1, -0.05) is 46.8 Å². The van der Waals surface area contributed by atoms with E-state index in [-0.39, 0.29) is 23.8 Å². The van der Waals surface area contributed by atoms with Crippen molar-refractivity contribution in [1.82, 2.24) is 0 Å². The average molecular weight is 374 g/mol. The van der Waals surface area contributed by atoms with Gasteiger partial charge in [-0.3, -0.25) is 4.79 Å². The third kappa shape index (κ3) is 4.54. The van der Waals surface area contributed by atoms with Crippen molar-refractivity contribution in [2.45, 2.75) is 58.0 Å². The number of ketones is 1. The quantitative estimate of drug-likeness (QED) is 0.235. The van der Waals surface area contributed by atoms with Crippen molar-refractivity contribution in [3.63, 3.8) is 0 Å². The number of fused-ring (bicyclic) bond motifs is 1. The molecule has 2 rings (SSSR count). The van der Waals surface area contributed by atoms with Gasteiger partial charge in [0.1, 0.15) is 6.10 Å². The minimum Gasteiger partial charge on any atom is -0.461 e. The molecule has 6 heteroatoms. The van der Waals surface area contributed by atoms with Crippen molar-refractivity contribution in [2.75, 3.05) is 11.9 Å². The summed E-state index contributed by atoms with van der Waals surface area (Å²) in [7, 11) is 0. The van der Waals surface area contributed by atoms with E-state index in [0.29, 0.717) is 5.92 Å². The predicted octanol–water partition coefficient (Wildman–Crippen LogP) is 3.25. The van der Waals surface area contributed by atoms with E-state index in [1.165, 1.54) is 25.7 Å². The number of ether oxygens (including phenoxy) is 1. The second-order valence-electron chi connectivity index (χ2n) is 6.06. The van der Waals surface area contributed by atoms with E-state index in [1.807, 2.05) is 0 Å². The first kappa shape index (κ1) is 17.4. The third-order valence-corrected chi connectivity index (χ3v) is 5.15. The topological polar surface area (TPSA) is 65.0 Å². The van der Waals surface area contributed by atoms with Gasteiger partial charge < -0.3 is 9.57 Å². The number of nitrogens with zero attached hydrogens (tertiary/aromatic N) is 1. The summed E-state index contributed by atoms with van der Waals surface area (Å²) in [6.45, 7) is 1.90. The second-order valence-corrected chi connectivity index (χ2v) is 6.62.